The van der Waals surface area contributed by atoms with Gasteiger partial charge in [-0.15, -0.1) is 11.3 Å². The van der Waals surface area contributed by atoms with Crippen LogP contribution in [0.3, 0.4) is 0 Å². The third kappa shape index (κ3) is 2.68. The van der Waals surface area contributed by atoms with Gasteiger partial charge in [-0.1, -0.05) is 12.1 Å². The monoisotopic (exact) mass is 335 g/mol. The zero-order valence-electron chi connectivity index (χ0n) is 13.2. The first-order chi connectivity index (χ1) is 11.9. The maximum absolute atomic E-state index is 9.34. The first-order valence-electron chi connectivity index (χ1n) is 8.04. The molecular formula is C18H17N5S. The fourth-order valence-corrected chi connectivity index (χ4v) is 3.97. The number of fused-ring (bicyclic) bond motifs is 1. The topological polar surface area (TPSA) is 56.1 Å². The van der Waals surface area contributed by atoms with Gasteiger partial charge >= 0.3 is 0 Å². The highest BCUT2D eigenvalue weighted by atomic mass is 32.1. The Morgan fingerprint density at radius 3 is 2.75 bits per heavy atom. The second-order valence-electron chi connectivity index (χ2n) is 5.79. The number of nitriles is 1. The summed E-state index contributed by atoms with van der Waals surface area (Å²) in [4.78, 5) is 14.6. The molecule has 0 saturated carbocycles. The first kappa shape index (κ1) is 14.9. The second-order valence-corrected chi connectivity index (χ2v) is 6.69. The zero-order valence-corrected chi connectivity index (χ0v) is 14.0. The smallest absolute Gasteiger partial charge is 0.140 e. The summed E-state index contributed by atoms with van der Waals surface area (Å²) in [6.45, 7) is 3.69. The normalized spacial score (nSPS) is 15.3. The molecule has 0 aliphatic carbocycles. The molecule has 1 saturated heterocycles. The number of rotatable bonds is 2. The third-order valence-electron chi connectivity index (χ3n) is 4.40. The lowest BCUT2D eigenvalue weighted by atomic mass is 10.1. The van der Waals surface area contributed by atoms with Crippen LogP contribution in [0.25, 0.3) is 10.2 Å². The lowest BCUT2D eigenvalue weighted by Gasteiger charge is -2.25. The van der Waals surface area contributed by atoms with E-state index in [1.54, 1.807) is 17.7 Å². The Morgan fingerprint density at radius 2 is 1.83 bits per heavy atom. The van der Waals surface area contributed by atoms with Gasteiger partial charge in [-0.25, -0.2) is 9.97 Å². The summed E-state index contributed by atoms with van der Waals surface area (Å²) in [7, 11) is 0. The van der Waals surface area contributed by atoms with Crippen LogP contribution in [0.5, 0.6) is 0 Å². The van der Waals surface area contributed by atoms with Crippen LogP contribution < -0.4 is 9.80 Å². The highest BCUT2D eigenvalue weighted by Gasteiger charge is 2.19. The Kier molecular flexibility index (Phi) is 4.01. The SMILES string of the molecule is N#Cc1ccccc1N1CCCN(c2ncnc3sccc23)CC1. The quantitative estimate of drug-likeness (QED) is 0.719. The molecule has 0 amide bonds. The molecule has 0 radical (unpaired) electrons. The third-order valence-corrected chi connectivity index (χ3v) is 5.22. The van der Waals surface area contributed by atoms with Crippen LogP contribution in [0.4, 0.5) is 11.5 Å². The molecule has 0 atom stereocenters. The molecule has 120 valence electrons. The van der Waals surface area contributed by atoms with E-state index >= 15 is 0 Å². The van der Waals surface area contributed by atoms with Gasteiger partial charge in [0.25, 0.3) is 0 Å². The Morgan fingerprint density at radius 1 is 1.00 bits per heavy atom. The Bertz CT molecular complexity index is 898. The van der Waals surface area contributed by atoms with Crippen LogP contribution in [-0.2, 0) is 0 Å². The molecule has 2 aromatic heterocycles. The molecular weight excluding hydrogens is 318 g/mol. The number of aromatic nitrogens is 2. The predicted octanol–water partition coefficient (Wildman–Crippen LogP) is 3.28. The van der Waals surface area contributed by atoms with E-state index in [1.165, 1.54) is 0 Å². The average Bonchev–Trinajstić information content (AvgIpc) is 2.98. The number of anilines is 2. The Balaban J connectivity index is 1.59. The van der Waals surface area contributed by atoms with Crippen molar-refractivity contribution in [1.29, 1.82) is 5.26 Å². The van der Waals surface area contributed by atoms with Gasteiger partial charge in [0.05, 0.1) is 16.6 Å². The minimum Gasteiger partial charge on any atom is -0.369 e. The van der Waals surface area contributed by atoms with Gasteiger partial charge in [0, 0.05) is 26.2 Å². The number of nitrogens with zero attached hydrogens (tertiary/aromatic N) is 5. The predicted molar refractivity (Wildman–Crippen MR) is 97.6 cm³/mol. The van der Waals surface area contributed by atoms with E-state index in [2.05, 4.69) is 37.3 Å². The summed E-state index contributed by atoms with van der Waals surface area (Å²) in [5.74, 6) is 1.02. The molecule has 0 spiro atoms. The number of hydrogen-bond donors (Lipinski definition) is 0. The Hall–Kier alpha value is -2.65. The van der Waals surface area contributed by atoms with Crippen molar-refractivity contribution in [3.63, 3.8) is 0 Å². The van der Waals surface area contributed by atoms with Gasteiger partial charge < -0.3 is 9.80 Å². The van der Waals surface area contributed by atoms with Crippen LogP contribution in [-0.4, -0.2) is 36.1 Å². The van der Waals surface area contributed by atoms with Crippen molar-refractivity contribution in [2.45, 2.75) is 6.42 Å². The lowest BCUT2D eigenvalue weighted by molar-refractivity contribution is 0.799. The standard InChI is InChI=1S/C18H17N5S/c19-12-14-4-1-2-5-16(14)22-7-3-8-23(10-9-22)17-15-6-11-24-18(15)21-13-20-17/h1-2,4-6,11,13H,3,7-10H2. The van der Waals surface area contributed by atoms with Crippen LogP contribution in [0.15, 0.2) is 42.0 Å². The summed E-state index contributed by atoms with van der Waals surface area (Å²) >= 11 is 1.65. The molecule has 4 rings (SSSR count). The molecule has 0 N–H and O–H groups in total. The van der Waals surface area contributed by atoms with Gasteiger partial charge in [0.15, 0.2) is 0 Å². The first-order valence-corrected chi connectivity index (χ1v) is 8.92. The van der Waals surface area contributed by atoms with Crippen molar-refractivity contribution >= 4 is 33.1 Å². The van der Waals surface area contributed by atoms with Gasteiger partial charge in [-0.05, 0) is 30.0 Å². The molecule has 0 unspecified atom stereocenters. The van der Waals surface area contributed by atoms with Gasteiger partial charge in [-0.2, -0.15) is 5.26 Å². The summed E-state index contributed by atoms with van der Waals surface area (Å²) in [6, 6.07) is 12.2. The number of hydrogen-bond acceptors (Lipinski definition) is 6. The number of benzene rings is 1. The molecule has 1 aromatic carbocycles. The second kappa shape index (κ2) is 6.46. The molecule has 6 heteroatoms. The van der Waals surface area contributed by atoms with Crippen molar-refractivity contribution < 1.29 is 0 Å². The van der Waals surface area contributed by atoms with Crippen molar-refractivity contribution in [1.82, 2.24) is 9.97 Å². The van der Waals surface area contributed by atoms with Gasteiger partial charge in [0.1, 0.15) is 23.0 Å². The molecule has 3 aromatic rings. The fraction of sp³-hybridized carbons (Fsp3) is 0.278. The van der Waals surface area contributed by atoms with Crippen LogP contribution >= 0.6 is 11.3 Å². The summed E-state index contributed by atoms with van der Waals surface area (Å²) in [5.41, 5.74) is 1.78. The van der Waals surface area contributed by atoms with E-state index in [-0.39, 0.29) is 0 Å². The Labute approximate surface area is 144 Å². The van der Waals surface area contributed by atoms with Crippen LogP contribution in [0, 0.1) is 11.3 Å². The average molecular weight is 335 g/mol. The molecule has 1 fully saturated rings. The minimum absolute atomic E-state index is 0.744. The molecule has 24 heavy (non-hydrogen) atoms. The largest absolute Gasteiger partial charge is 0.369 e. The summed E-state index contributed by atoms with van der Waals surface area (Å²) < 4.78 is 0. The number of thiophene rings is 1. The van der Waals surface area contributed by atoms with Crippen molar-refractivity contribution in [3.8, 4) is 6.07 Å². The summed E-state index contributed by atoms with van der Waals surface area (Å²) in [6.07, 6.45) is 2.69. The molecule has 1 aliphatic heterocycles. The van der Waals surface area contributed by atoms with E-state index in [1.807, 2.05) is 24.3 Å². The maximum Gasteiger partial charge on any atom is 0.140 e. The number of para-hydroxylation sites is 1. The van der Waals surface area contributed by atoms with E-state index in [9.17, 15) is 5.26 Å². The minimum atomic E-state index is 0.744. The molecule has 5 nitrogen and oxygen atoms in total. The van der Waals surface area contributed by atoms with E-state index in [0.29, 0.717) is 0 Å². The van der Waals surface area contributed by atoms with E-state index < -0.39 is 0 Å². The van der Waals surface area contributed by atoms with E-state index in [0.717, 1.165) is 59.9 Å². The van der Waals surface area contributed by atoms with Gasteiger partial charge in [0.2, 0.25) is 0 Å². The highest BCUT2D eigenvalue weighted by Crippen LogP contribution is 2.28. The highest BCUT2D eigenvalue weighted by molar-refractivity contribution is 7.16. The van der Waals surface area contributed by atoms with Crippen molar-refractivity contribution in [2.24, 2.45) is 0 Å². The van der Waals surface area contributed by atoms with E-state index in [4.69, 9.17) is 0 Å². The molecule has 3 heterocycles. The molecule has 1 aliphatic rings. The molecule has 0 bridgehead atoms. The van der Waals surface area contributed by atoms with Gasteiger partial charge in [-0.3, -0.25) is 0 Å². The van der Waals surface area contributed by atoms with Crippen LogP contribution in [0.2, 0.25) is 0 Å². The fourth-order valence-electron chi connectivity index (χ4n) is 3.24. The summed E-state index contributed by atoms with van der Waals surface area (Å²) in [5, 5.41) is 12.5. The van der Waals surface area contributed by atoms with Crippen molar-refractivity contribution in [3.05, 3.63) is 47.6 Å². The lowest BCUT2D eigenvalue weighted by Crippen LogP contribution is -2.31. The van der Waals surface area contributed by atoms with Crippen molar-refractivity contribution in [2.75, 3.05) is 36.0 Å². The van der Waals surface area contributed by atoms with Crippen LogP contribution in [0.1, 0.15) is 12.0 Å². The maximum atomic E-state index is 9.34. The zero-order chi connectivity index (χ0) is 16.4.